The number of hydrogen-bond donors (Lipinski definition) is 2. The van der Waals surface area contributed by atoms with Crippen molar-refractivity contribution in [2.24, 2.45) is 0 Å². The first-order chi connectivity index (χ1) is 6.69. The summed E-state index contributed by atoms with van der Waals surface area (Å²) in [6.07, 6.45) is 0. The zero-order valence-corrected chi connectivity index (χ0v) is 7.93. The highest BCUT2D eigenvalue weighted by Crippen LogP contribution is 2.17. The largest absolute Gasteiger partial charge is 0.494 e. The van der Waals surface area contributed by atoms with Crippen molar-refractivity contribution in [3.63, 3.8) is 0 Å². The molecule has 0 spiro atoms. The third-order valence-corrected chi connectivity index (χ3v) is 1.65. The van der Waals surface area contributed by atoms with E-state index in [0.717, 1.165) is 6.07 Å². The molecular weight excluding hydrogens is 187 g/mol. The monoisotopic (exact) mass is 198 g/mol. The van der Waals surface area contributed by atoms with Gasteiger partial charge in [-0.2, -0.15) is 0 Å². The number of carbonyl (C=O) groups is 1. The van der Waals surface area contributed by atoms with Crippen molar-refractivity contribution in [1.82, 2.24) is 10.9 Å². The van der Waals surface area contributed by atoms with Gasteiger partial charge in [0.15, 0.2) is 11.6 Å². The van der Waals surface area contributed by atoms with Crippen molar-refractivity contribution in [3.05, 3.63) is 29.6 Å². The number of rotatable bonds is 3. The van der Waals surface area contributed by atoms with E-state index in [-0.39, 0.29) is 11.3 Å². The Morgan fingerprint density at radius 3 is 2.71 bits per heavy atom. The molecular formula is C9H11FN2O2. The minimum atomic E-state index is -0.559. The van der Waals surface area contributed by atoms with Crippen LogP contribution in [0.1, 0.15) is 10.4 Å². The summed E-state index contributed by atoms with van der Waals surface area (Å²) in [6, 6.07) is 4.00. The molecule has 1 amide bonds. The second-order valence-electron chi connectivity index (χ2n) is 2.55. The van der Waals surface area contributed by atoms with Crippen LogP contribution in [-0.2, 0) is 0 Å². The van der Waals surface area contributed by atoms with Crippen molar-refractivity contribution >= 4 is 5.91 Å². The van der Waals surface area contributed by atoms with Crippen molar-refractivity contribution in [2.75, 3.05) is 14.2 Å². The molecule has 0 saturated heterocycles. The fraction of sp³-hybridized carbons (Fsp3) is 0.222. The molecule has 0 aromatic heterocycles. The standard InChI is InChI=1S/C9H11FN2O2/c1-11-12-9(13)6-3-4-8(14-2)7(10)5-6/h3-5,11H,1-2H3,(H,12,13). The van der Waals surface area contributed by atoms with Gasteiger partial charge in [-0.05, 0) is 18.2 Å². The Morgan fingerprint density at radius 1 is 1.50 bits per heavy atom. The Hall–Kier alpha value is -1.62. The van der Waals surface area contributed by atoms with E-state index in [1.807, 2.05) is 0 Å². The second kappa shape index (κ2) is 4.57. The molecule has 0 aliphatic rings. The van der Waals surface area contributed by atoms with E-state index in [2.05, 4.69) is 10.9 Å². The lowest BCUT2D eigenvalue weighted by atomic mass is 10.2. The van der Waals surface area contributed by atoms with Crippen LogP contribution in [0.4, 0.5) is 4.39 Å². The fourth-order valence-electron chi connectivity index (χ4n) is 0.993. The van der Waals surface area contributed by atoms with E-state index < -0.39 is 11.7 Å². The van der Waals surface area contributed by atoms with E-state index in [0.29, 0.717) is 0 Å². The van der Waals surface area contributed by atoms with E-state index in [1.165, 1.54) is 19.2 Å². The van der Waals surface area contributed by atoms with E-state index >= 15 is 0 Å². The highest BCUT2D eigenvalue weighted by atomic mass is 19.1. The molecule has 0 bridgehead atoms. The predicted octanol–water partition coefficient (Wildman–Crippen LogP) is 0.699. The van der Waals surface area contributed by atoms with Crippen molar-refractivity contribution in [1.29, 1.82) is 0 Å². The molecule has 14 heavy (non-hydrogen) atoms. The van der Waals surface area contributed by atoms with Crippen LogP contribution in [-0.4, -0.2) is 20.1 Å². The average Bonchev–Trinajstić information content (AvgIpc) is 2.18. The van der Waals surface area contributed by atoms with E-state index in [1.54, 1.807) is 7.05 Å². The van der Waals surface area contributed by atoms with E-state index in [4.69, 9.17) is 4.74 Å². The Balaban J connectivity index is 2.91. The first kappa shape index (κ1) is 10.5. The molecule has 0 heterocycles. The number of methoxy groups -OCH3 is 1. The molecule has 0 atom stereocenters. The smallest absolute Gasteiger partial charge is 0.265 e. The summed E-state index contributed by atoms with van der Waals surface area (Å²) in [5.41, 5.74) is 5.02. The summed E-state index contributed by atoms with van der Waals surface area (Å²) in [6.45, 7) is 0. The first-order valence-corrected chi connectivity index (χ1v) is 3.99. The zero-order valence-electron chi connectivity index (χ0n) is 7.93. The summed E-state index contributed by atoms with van der Waals surface area (Å²) in [5.74, 6) is -0.837. The Morgan fingerprint density at radius 2 is 2.21 bits per heavy atom. The maximum atomic E-state index is 13.1. The highest BCUT2D eigenvalue weighted by Gasteiger charge is 2.08. The first-order valence-electron chi connectivity index (χ1n) is 3.99. The predicted molar refractivity (Wildman–Crippen MR) is 49.5 cm³/mol. The Kier molecular flexibility index (Phi) is 3.41. The van der Waals surface area contributed by atoms with Crippen LogP contribution in [0.3, 0.4) is 0 Å². The van der Waals surface area contributed by atoms with Gasteiger partial charge < -0.3 is 4.74 Å². The minimum Gasteiger partial charge on any atom is -0.494 e. The van der Waals surface area contributed by atoms with Crippen LogP contribution in [0.15, 0.2) is 18.2 Å². The van der Waals surface area contributed by atoms with Gasteiger partial charge in [0.2, 0.25) is 0 Å². The molecule has 1 aromatic rings. The van der Waals surface area contributed by atoms with Crippen molar-refractivity contribution < 1.29 is 13.9 Å². The molecule has 1 rings (SSSR count). The molecule has 5 heteroatoms. The van der Waals surface area contributed by atoms with Gasteiger partial charge in [-0.3, -0.25) is 10.2 Å². The lowest BCUT2D eigenvalue weighted by Gasteiger charge is -2.05. The fourth-order valence-corrected chi connectivity index (χ4v) is 0.993. The summed E-state index contributed by atoms with van der Waals surface area (Å²) in [4.78, 5) is 11.2. The molecule has 76 valence electrons. The Bertz CT molecular complexity index is 342. The van der Waals surface area contributed by atoms with Gasteiger partial charge >= 0.3 is 0 Å². The summed E-state index contributed by atoms with van der Waals surface area (Å²) in [7, 11) is 2.92. The number of carbonyl (C=O) groups excluding carboxylic acids is 1. The Labute approximate surface area is 81.0 Å². The van der Waals surface area contributed by atoms with Crippen LogP contribution in [0.2, 0.25) is 0 Å². The van der Waals surface area contributed by atoms with Gasteiger partial charge in [0.05, 0.1) is 7.11 Å². The van der Waals surface area contributed by atoms with Gasteiger partial charge in [-0.1, -0.05) is 0 Å². The maximum absolute atomic E-state index is 13.1. The molecule has 4 nitrogen and oxygen atoms in total. The SMILES string of the molecule is CNNC(=O)c1ccc(OC)c(F)c1. The topological polar surface area (TPSA) is 50.4 Å². The summed E-state index contributed by atoms with van der Waals surface area (Å²) >= 11 is 0. The number of nitrogens with one attached hydrogen (secondary N) is 2. The average molecular weight is 198 g/mol. The minimum absolute atomic E-state index is 0.117. The molecule has 0 aliphatic carbocycles. The van der Waals surface area contributed by atoms with E-state index in [9.17, 15) is 9.18 Å². The van der Waals surface area contributed by atoms with Crippen LogP contribution in [0, 0.1) is 5.82 Å². The van der Waals surface area contributed by atoms with Crippen LogP contribution >= 0.6 is 0 Å². The van der Waals surface area contributed by atoms with Crippen LogP contribution < -0.4 is 15.6 Å². The van der Waals surface area contributed by atoms with Gasteiger partial charge in [0, 0.05) is 12.6 Å². The molecule has 2 N–H and O–H groups in total. The quantitative estimate of drug-likeness (QED) is 0.703. The summed E-state index contributed by atoms with van der Waals surface area (Å²) < 4.78 is 17.8. The number of benzene rings is 1. The lowest BCUT2D eigenvalue weighted by Crippen LogP contribution is -2.34. The maximum Gasteiger partial charge on any atom is 0.265 e. The number of amides is 1. The number of halogens is 1. The molecule has 0 saturated carbocycles. The molecule has 1 aromatic carbocycles. The van der Waals surface area contributed by atoms with Gasteiger partial charge in [0.25, 0.3) is 5.91 Å². The van der Waals surface area contributed by atoms with Crippen LogP contribution in [0.5, 0.6) is 5.75 Å². The highest BCUT2D eigenvalue weighted by molar-refractivity contribution is 5.93. The second-order valence-corrected chi connectivity index (χ2v) is 2.55. The lowest BCUT2D eigenvalue weighted by molar-refractivity contribution is 0.0937. The van der Waals surface area contributed by atoms with Crippen molar-refractivity contribution in [3.8, 4) is 5.75 Å². The van der Waals surface area contributed by atoms with Crippen molar-refractivity contribution in [2.45, 2.75) is 0 Å². The third kappa shape index (κ3) is 2.20. The van der Waals surface area contributed by atoms with Gasteiger partial charge in [0.1, 0.15) is 0 Å². The van der Waals surface area contributed by atoms with Gasteiger partial charge in [-0.25, -0.2) is 9.82 Å². The number of ether oxygens (including phenoxy) is 1. The molecule has 0 fully saturated rings. The molecule has 0 unspecified atom stereocenters. The number of hydrogen-bond acceptors (Lipinski definition) is 3. The number of hydrazine groups is 1. The molecule has 0 radical (unpaired) electrons. The zero-order chi connectivity index (χ0) is 10.6. The van der Waals surface area contributed by atoms with Crippen LogP contribution in [0.25, 0.3) is 0 Å². The van der Waals surface area contributed by atoms with Gasteiger partial charge in [-0.15, -0.1) is 0 Å². The molecule has 0 aliphatic heterocycles. The third-order valence-electron chi connectivity index (χ3n) is 1.65. The summed E-state index contributed by atoms with van der Waals surface area (Å²) in [5, 5.41) is 0. The normalized spacial score (nSPS) is 9.64.